The maximum Gasteiger partial charge on any atom is 0.305 e. The van der Waals surface area contributed by atoms with Gasteiger partial charge in [0.1, 0.15) is 0 Å². The molecular weight excluding hydrogens is 887 g/mol. The minimum atomic E-state index is -0.853. The summed E-state index contributed by atoms with van der Waals surface area (Å²) >= 11 is 0. The molecule has 0 heterocycles. The Kier molecular flexibility index (Phi) is 60.0. The second-order valence-electron chi connectivity index (χ2n) is 22.1. The van der Waals surface area contributed by atoms with Gasteiger partial charge in [0.25, 0.3) is 0 Å². The minimum Gasteiger partial charge on any atom is -0.466 e. The number of allylic oxidation sites excluding steroid dienone is 5. The lowest BCUT2D eigenvalue weighted by atomic mass is 10.0. The molecule has 0 rings (SSSR count). The number of hydrogen-bond acceptors (Lipinski definition) is 5. The molecule has 1 amide bonds. The Hall–Kier alpha value is -1.92. The lowest BCUT2D eigenvalue weighted by Crippen LogP contribution is -2.45. The van der Waals surface area contributed by atoms with Crippen LogP contribution in [0.15, 0.2) is 36.5 Å². The number of aliphatic hydroxyl groups is 2. The van der Waals surface area contributed by atoms with Crippen molar-refractivity contribution in [3.63, 3.8) is 0 Å². The van der Waals surface area contributed by atoms with Crippen LogP contribution in [0, 0.1) is 0 Å². The summed E-state index contributed by atoms with van der Waals surface area (Å²) in [5.41, 5.74) is 0. The van der Waals surface area contributed by atoms with E-state index in [4.69, 9.17) is 4.74 Å². The van der Waals surface area contributed by atoms with E-state index in [9.17, 15) is 19.8 Å². The molecule has 0 radical (unpaired) electrons. The van der Waals surface area contributed by atoms with Gasteiger partial charge < -0.3 is 20.3 Å². The molecule has 0 aliphatic heterocycles. The van der Waals surface area contributed by atoms with Crippen LogP contribution in [0.2, 0.25) is 0 Å². The molecule has 0 aromatic heterocycles. The second kappa shape index (κ2) is 61.6. The number of amides is 1. The maximum atomic E-state index is 12.5. The third-order valence-electron chi connectivity index (χ3n) is 14.9. The van der Waals surface area contributed by atoms with Gasteiger partial charge >= 0.3 is 5.97 Å². The Balaban J connectivity index is 3.46. The fourth-order valence-corrected chi connectivity index (χ4v) is 9.96. The topological polar surface area (TPSA) is 95.9 Å². The van der Waals surface area contributed by atoms with Gasteiger partial charge in [0.15, 0.2) is 0 Å². The van der Waals surface area contributed by atoms with Crippen LogP contribution < -0.4 is 5.32 Å². The van der Waals surface area contributed by atoms with Crippen molar-refractivity contribution in [3.05, 3.63) is 36.5 Å². The Bertz CT molecular complexity index is 1170. The van der Waals surface area contributed by atoms with E-state index < -0.39 is 12.1 Å². The van der Waals surface area contributed by atoms with Gasteiger partial charge in [-0.2, -0.15) is 0 Å². The quantitative estimate of drug-likeness (QED) is 0.0320. The highest BCUT2D eigenvalue weighted by Crippen LogP contribution is 2.18. The van der Waals surface area contributed by atoms with E-state index in [2.05, 4.69) is 43.5 Å². The summed E-state index contributed by atoms with van der Waals surface area (Å²) < 4.78 is 5.49. The van der Waals surface area contributed by atoms with Crippen molar-refractivity contribution in [1.82, 2.24) is 5.32 Å². The van der Waals surface area contributed by atoms with Crippen LogP contribution in [0.4, 0.5) is 0 Å². The van der Waals surface area contributed by atoms with Crippen molar-refractivity contribution in [2.45, 2.75) is 360 Å². The number of carbonyl (C=O) groups is 2. The molecule has 3 N–H and O–H groups in total. The van der Waals surface area contributed by atoms with E-state index in [0.717, 1.165) is 64.2 Å². The molecule has 0 aliphatic rings. The zero-order chi connectivity index (χ0) is 52.2. The molecule has 6 heteroatoms. The lowest BCUT2D eigenvalue weighted by Gasteiger charge is -2.20. The van der Waals surface area contributed by atoms with E-state index >= 15 is 0 Å². The Labute approximate surface area is 449 Å². The van der Waals surface area contributed by atoms with Crippen molar-refractivity contribution in [2.75, 3.05) is 13.2 Å². The summed E-state index contributed by atoms with van der Waals surface area (Å²) in [7, 11) is 0. The summed E-state index contributed by atoms with van der Waals surface area (Å²) in [5.74, 6) is -0.0822. The van der Waals surface area contributed by atoms with Gasteiger partial charge in [-0.15, -0.1) is 0 Å². The number of esters is 1. The molecule has 424 valence electrons. The van der Waals surface area contributed by atoms with Gasteiger partial charge in [-0.3, -0.25) is 9.59 Å². The van der Waals surface area contributed by atoms with Crippen molar-refractivity contribution >= 4 is 11.9 Å². The second-order valence-corrected chi connectivity index (χ2v) is 22.1. The Morgan fingerprint density at radius 1 is 0.389 bits per heavy atom. The first-order chi connectivity index (χ1) is 35.5. The highest BCUT2D eigenvalue weighted by molar-refractivity contribution is 5.76. The maximum absolute atomic E-state index is 12.5. The first-order valence-electron chi connectivity index (χ1n) is 32.3. The molecule has 0 aliphatic carbocycles. The van der Waals surface area contributed by atoms with E-state index in [1.807, 2.05) is 6.08 Å². The molecule has 0 saturated carbocycles. The molecular formula is C66H125NO5. The predicted octanol–water partition coefficient (Wildman–Crippen LogP) is 20.4. The molecule has 0 spiro atoms. The summed E-state index contributed by atoms with van der Waals surface area (Å²) in [4.78, 5) is 24.6. The number of aliphatic hydroxyl groups excluding tert-OH is 2. The molecule has 0 bridgehead atoms. The minimum absolute atomic E-state index is 0.00657. The standard InChI is InChI=1S/C66H125NO5/c1-3-5-7-9-11-13-15-17-19-21-23-24-25-27-28-30-34-38-42-46-50-54-58-64(69)63(62-68)67-65(70)59-55-51-47-43-39-35-32-33-37-41-45-49-53-57-61-72-66(71)60-56-52-48-44-40-36-31-29-26-22-20-18-16-14-12-10-8-6-4-2/h12,14,18,20,54,58,63-64,68-69H,3-11,13,15-17,19,21-53,55-57,59-62H2,1-2H3,(H,67,70)/b14-12-,20-18-,58-54+. The van der Waals surface area contributed by atoms with Crippen molar-refractivity contribution in [1.29, 1.82) is 0 Å². The first kappa shape index (κ1) is 70.1. The number of unbranched alkanes of at least 4 members (excludes halogenated alkanes) is 45. The predicted molar refractivity (Wildman–Crippen MR) is 315 cm³/mol. The van der Waals surface area contributed by atoms with Gasteiger partial charge in [0.05, 0.1) is 25.4 Å². The van der Waals surface area contributed by atoms with Gasteiger partial charge in [-0.05, 0) is 64.2 Å². The van der Waals surface area contributed by atoms with Crippen molar-refractivity contribution in [2.24, 2.45) is 0 Å². The molecule has 2 atom stereocenters. The number of hydrogen-bond donors (Lipinski definition) is 3. The van der Waals surface area contributed by atoms with E-state index in [0.29, 0.717) is 19.4 Å². The van der Waals surface area contributed by atoms with Gasteiger partial charge in [0, 0.05) is 12.8 Å². The highest BCUT2D eigenvalue weighted by Gasteiger charge is 2.18. The molecule has 0 saturated heterocycles. The third-order valence-corrected chi connectivity index (χ3v) is 14.9. The zero-order valence-electron chi connectivity index (χ0n) is 48.4. The van der Waals surface area contributed by atoms with E-state index in [-0.39, 0.29) is 18.5 Å². The summed E-state index contributed by atoms with van der Waals surface area (Å²) in [6.07, 6.45) is 77.5. The van der Waals surface area contributed by atoms with Crippen LogP contribution in [-0.2, 0) is 14.3 Å². The molecule has 0 aromatic rings. The first-order valence-corrected chi connectivity index (χ1v) is 32.3. The highest BCUT2D eigenvalue weighted by atomic mass is 16.5. The van der Waals surface area contributed by atoms with Crippen LogP contribution in [0.1, 0.15) is 348 Å². The molecule has 0 fully saturated rings. The monoisotopic (exact) mass is 1010 g/mol. The lowest BCUT2D eigenvalue weighted by molar-refractivity contribution is -0.143. The van der Waals surface area contributed by atoms with Crippen molar-refractivity contribution < 1.29 is 24.5 Å². The SMILES string of the molecule is CCCCC/C=C\C/C=C\CCCCCCCCCCCC(=O)OCCCCCCCCCCCCCCCCC(=O)NC(CO)C(O)/C=C/CCCCCCCCCCCCCCCCCCCCCC. The summed E-state index contributed by atoms with van der Waals surface area (Å²) in [6, 6.07) is -0.638. The van der Waals surface area contributed by atoms with Crippen LogP contribution in [0.3, 0.4) is 0 Å². The normalized spacial score (nSPS) is 12.8. The Morgan fingerprint density at radius 2 is 0.694 bits per heavy atom. The largest absolute Gasteiger partial charge is 0.466 e. The van der Waals surface area contributed by atoms with Gasteiger partial charge in [-0.1, -0.05) is 307 Å². The fraction of sp³-hybridized carbons (Fsp3) is 0.879. The Morgan fingerprint density at radius 3 is 1.08 bits per heavy atom. The average molecular weight is 1010 g/mol. The zero-order valence-corrected chi connectivity index (χ0v) is 48.4. The summed E-state index contributed by atoms with van der Waals surface area (Å²) in [5, 5.41) is 23.2. The number of carbonyl (C=O) groups excluding carboxylic acids is 2. The van der Waals surface area contributed by atoms with Gasteiger partial charge in [-0.25, -0.2) is 0 Å². The summed E-state index contributed by atoms with van der Waals surface area (Å²) in [6.45, 7) is 4.88. The molecule has 0 aromatic carbocycles. The van der Waals surface area contributed by atoms with Gasteiger partial charge in [0.2, 0.25) is 5.91 Å². The fourth-order valence-electron chi connectivity index (χ4n) is 9.96. The molecule has 2 unspecified atom stereocenters. The van der Waals surface area contributed by atoms with Crippen LogP contribution in [-0.4, -0.2) is 47.4 Å². The van der Waals surface area contributed by atoms with Crippen molar-refractivity contribution in [3.8, 4) is 0 Å². The third kappa shape index (κ3) is 57.4. The smallest absolute Gasteiger partial charge is 0.305 e. The molecule has 6 nitrogen and oxygen atoms in total. The number of rotatable bonds is 60. The van der Waals surface area contributed by atoms with Crippen LogP contribution in [0.25, 0.3) is 0 Å². The van der Waals surface area contributed by atoms with E-state index in [1.54, 1.807) is 6.08 Å². The molecule has 72 heavy (non-hydrogen) atoms. The van der Waals surface area contributed by atoms with E-state index in [1.165, 1.54) is 257 Å². The van der Waals surface area contributed by atoms with Crippen LogP contribution >= 0.6 is 0 Å². The number of nitrogens with one attached hydrogen (secondary N) is 1. The average Bonchev–Trinajstić information content (AvgIpc) is 3.38. The van der Waals surface area contributed by atoms with Crippen LogP contribution in [0.5, 0.6) is 0 Å². The number of ether oxygens (including phenoxy) is 1.